The third-order valence-electron chi connectivity index (χ3n) is 6.22. The number of anilines is 1. The number of carbonyl (C=O) groups is 3. The molecule has 184 valence electrons. The van der Waals surface area contributed by atoms with E-state index in [0.717, 1.165) is 26.8 Å². The van der Waals surface area contributed by atoms with Gasteiger partial charge in [-0.1, -0.05) is 79.2 Å². The molecule has 1 N–H and O–H groups in total. The molecule has 0 bridgehead atoms. The number of imide groups is 2. The number of rotatable bonds is 6. The van der Waals surface area contributed by atoms with Crippen LogP contribution in [0, 0.1) is 0 Å². The number of hydrogen-bond acceptors (Lipinski definition) is 4. The van der Waals surface area contributed by atoms with Gasteiger partial charge in [0.05, 0.1) is 5.69 Å². The van der Waals surface area contributed by atoms with Crippen LogP contribution in [0.5, 0.6) is 5.75 Å². The molecule has 1 aliphatic rings. The summed E-state index contributed by atoms with van der Waals surface area (Å²) in [5.74, 6) is -0.957. The first-order valence-corrected chi connectivity index (χ1v) is 12.2. The number of aryl methyl sites for hydroxylation is 1. The molecule has 0 saturated carbocycles. The first-order valence-electron chi connectivity index (χ1n) is 11.8. The van der Waals surface area contributed by atoms with Crippen LogP contribution in [-0.2, 0) is 22.6 Å². The van der Waals surface area contributed by atoms with Crippen molar-refractivity contribution >= 4 is 52.0 Å². The van der Waals surface area contributed by atoms with Crippen molar-refractivity contribution in [3.63, 3.8) is 0 Å². The van der Waals surface area contributed by atoms with E-state index < -0.39 is 17.8 Å². The maximum absolute atomic E-state index is 13.6. The summed E-state index contributed by atoms with van der Waals surface area (Å²) in [5, 5.41) is 4.63. The van der Waals surface area contributed by atoms with E-state index in [4.69, 9.17) is 16.3 Å². The highest BCUT2D eigenvalue weighted by atomic mass is 35.5. The van der Waals surface area contributed by atoms with Gasteiger partial charge in [0.25, 0.3) is 11.8 Å². The van der Waals surface area contributed by atoms with Crippen LogP contribution in [0.2, 0.25) is 5.02 Å². The number of nitrogens with one attached hydrogen (secondary N) is 1. The predicted octanol–water partition coefficient (Wildman–Crippen LogP) is 6.30. The SMILES string of the molecule is CCc1ccccc1N1C(=O)NC(=O)/C(=C/c2c(OCc3cccc(Cl)c3)ccc3ccccc23)C1=O. The van der Waals surface area contributed by atoms with Gasteiger partial charge in [-0.3, -0.25) is 14.9 Å². The van der Waals surface area contributed by atoms with Gasteiger partial charge in [-0.15, -0.1) is 0 Å². The Kier molecular flexibility index (Phi) is 6.75. The normalized spacial score (nSPS) is 14.8. The predicted molar refractivity (Wildman–Crippen MR) is 145 cm³/mol. The molecule has 1 aliphatic heterocycles. The lowest BCUT2D eigenvalue weighted by atomic mass is 9.99. The number of amides is 4. The van der Waals surface area contributed by atoms with E-state index in [1.165, 1.54) is 6.08 Å². The van der Waals surface area contributed by atoms with E-state index >= 15 is 0 Å². The fraction of sp³-hybridized carbons (Fsp3) is 0.100. The van der Waals surface area contributed by atoms with Gasteiger partial charge >= 0.3 is 6.03 Å². The summed E-state index contributed by atoms with van der Waals surface area (Å²) in [6, 6.07) is 25.1. The van der Waals surface area contributed by atoms with Crippen molar-refractivity contribution in [2.24, 2.45) is 0 Å². The van der Waals surface area contributed by atoms with Crippen molar-refractivity contribution in [3.05, 3.63) is 112 Å². The van der Waals surface area contributed by atoms with Crippen LogP contribution < -0.4 is 15.0 Å². The molecule has 4 aromatic carbocycles. The molecule has 37 heavy (non-hydrogen) atoms. The monoisotopic (exact) mass is 510 g/mol. The smallest absolute Gasteiger partial charge is 0.335 e. The van der Waals surface area contributed by atoms with E-state index in [1.807, 2.05) is 67.6 Å². The van der Waals surface area contributed by atoms with Crippen LogP contribution >= 0.6 is 11.6 Å². The summed E-state index contributed by atoms with van der Waals surface area (Å²) in [6.45, 7) is 2.18. The van der Waals surface area contributed by atoms with E-state index in [0.29, 0.717) is 28.4 Å². The molecule has 0 radical (unpaired) electrons. The number of fused-ring (bicyclic) bond motifs is 1. The van der Waals surface area contributed by atoms with Crippen LogP contribution in [0.3, 0.4) is 0 Å². The van der Waals surface area contributed by atoms with Crippen molar-refractivity contribution in [1.82, 2.24) is 5.32 Å². The average molecular weight is 511 g/mol. The van der Waals surface area contributed by atoms with E-state index in [-0.39, 0.29) is 12.2 Å². The maximum atomic E-state index is 13.6. The number of carbonyl (C=O) groups excluding carboxylic acids is 3. The molecule has 4 amide bonds. The molecular formula is C30H23ClN2O4. The molecule has 6 nitrogen and oxygen atoms in total. The first kappa shape index (κ1) is 24.3. The number of benzene rings is 4. The minimum absolute atomic E-state index is 0.158. The van der Waals surface area contributed by atoms with Gasteiger partial charge in [0.1, 0.15) is 17.9 Å². The maximum Gasteiger partial charge on any atom is 0.335 e. The third-order valence-corrected chi connectivity index (χ3v) is 6.45. The van der Waals surface area contributed by atoms with Crippen LogP contribution in [0.4, 0.5) is 10.5 Å². The second-order valence-corrected chi connectivity index (χ2v) is 8.99. The van der Waals surface area contributed by atoms with Crippen molar-refractivity contribution < 1.29 is 19.1 Å². The fourth-order valence-electron chi connectivity index (χ4n) is 4.39. The molecule has 0 atom stereocenters. The lowest BCUT2D eigenvalue weighted by Gasteiger charge is -2.28. The number of halogens is 1. The highest BCUT2D eigenvalue weighted by Crippen LogP contribution is 2.33. The molecule has 0 aromatic heterocycles. The summed E-state index contributed by atoms with van der Waals surface area (Å²) in [5.41, 5.74) is 2.54. The largest absolute Gasteiger partial charge is 0.488 e. The molecule has 1 fully saturated rings. The summed E-state index contributed by atoms with van der Waals surface area (Å²) in [4.78, 5) is 40.3. The first-order chi connectivity index (χ1) is 18.0. The Balaban J connectivity index is 1.59. The quantitative estimate of drug-likeness (QED) is 0.244. The zero-order valence-corrected chi connectivity index (χ0v) is 20.8. The average Bonchev–Trinajstić information content (AvgIpc) is 2.90. The van der Waals surface area contributed by atoms with Crippen molar-refractivity contribution in [2.45, 2.75) is 20.0 Å². The lowest BCUT2D eigenvalue weighted by molar-refractivity contribution is -0.122. The van der Waals surface area contributed by atoms with E-state index in [2.05, 4.69) is 5.32 Å². The van der Waals surface area contributed by atoms with Gasteiger partial charge in [-0.05, 0) is 58.7 Å². The minimum Gasteiger partial charge on any atom is -0.488 e. The molecule has 5 rings (SSSR count). The van der Waals surface area contributed by atoms with Gasteiger partial charge in [0.15, 0.2) is 0 Å². The summed E-state index contributed by atoms with van der Waals surface area (Å²) in [7, 11) is 0. The molecule has 1 heterocycles. The summed E-state index contributed by atoms with van der Waals surface area (Å²) >= 11 is 6.12. The Morgan fingerprint density at radius 2 is 1.70 bits per heavy atom. The van der Waals surface area contributed by atoms with Crippen molar-refractivity contribution in [3.8, 4) is 5.75 Å². The number of hydrogen-bond donors (Lipinski definition) is 1. The second kappa shape index (κ2) is 10.3. The van der Waals surface area contributed by atoms with Gasteiger partial charge in [-0.25, -0.2) is 9.69 Å². The molecular weight excluding hydrogens is 488 g/mol. The Hall–Kier alpha value is -4.42. The number of ether oxygens (including phenoxy) is 1. The molecule has 0 aliphatic carbocycles. The third kappa shape index (κ3) is 4.84. The second-order valence-electron chi connectivity index (χ2n) is 8.56. The Morgan fingerprint density at radius 3 is 2.51 bits per heavy atom. The molecule has 1 saturated heterocycles. The number of para-hydroxylation sites is 1. The molecule has 0 unspecified atom stereocenters. The fourth-order valence-corrected chi connectivity index (χ4v) is 4.60. The topological polar surface area (TPSA) is 75.7 Å². The van der Waals surface area contributed by atoms with Crippen LogP contribution in [0.15, 0.2) is 90.5 Å². The van der Waals surface area contributed by atoms with Gasteiger partial charge in [-0.2, -0.15) is 0 Å². The number of barbiturate groups is 1. The van der Waals surface area contributed by atoms with E-state index in [1.54, 1.807) is 24.3 Å². The van der Waals surface area contributed by atoms with Gasteiger partial charge in [0.2, 0.25) is 0 Å². The zero-order valence-electron chi connectivity index (χ0n) is 20.0. The Morgan fingerprint density at radius 1 is 0.919 bits per heavy atom. The van der Waals surface area contributed by atoms with Crippen molar-refractivity contribution in [1.29, 1.82) is 0 Å². The highest BCUT2D eigenvalue weighted by molar-refractivity contribution is 6.39. The van der Waals surface area contributed by atoms with Crippen LogP contribution in [0.25, 0.3) is 16.8 Å². The standard InChI is InChI=1S/C30H23ClN2O4/c1-2-20-9-4-6-13-26(20)33-29(35)25(28(34)32-30(33)36)17-24-23-12-5-3-10-21(23)14-15-27(24)37-18-19-8-7-11-22(31)16-19/h3-17H,2,18H2,1H3,(H,32,34,36)/b25-17-. The summed E-state index contributed by atoms with van der Waals surface area (Å²) in [6.07, 6.45) is 2.12. The molecule has 0 spiro atoms. The van der Waals surface area contributed by atoms with Gasteiger partial charge in [0, 0.05) is 10.6 Å². The summed E-state index contributed by atoms with van der Waals surface area (Å²) < 4.78 is 6.14. The molecule has 7 heteroatoms. The van der Waals surface area contributed by atoms with Crippen molar-refractivity contribution in [2.75, 3.05) is 4.90 Å². The van der Waals surface area contributed by atoms with Gasteiger partial charge < -0.3 is 4.74 Å². The number of nitrogens with zero attached hydrogens (tertiary/aromatic N) is 1. The van der Waals surface area contributed by atoms with E-state index in [9.17, 15) is 14.4 Å². The van der Waals surface area contributed by atoms with Crippen LogP contribution in [0.1, 0.15) is 23.6 Å². The Bertz CT molecular complexity index is 1580. The number of urea groups is 1. The lowest BCUT2D eigenvalue weighted by Crippen LogP contribution is -2.54. The minimum atomic E-state index is -0.775. The Labute approximate surface area is 219 Å². The zero-order chi connectivity index (χ0) is 25.9. The molecule has 4 aromatic rings. The van der Waals surface area contributed by atoms with Crippen LogP contribution in [-0.4, -0.2) is 17.8 Å². The highest BCUT2D eigenvalue weighted by Gasteiger charge is 2.37.